The van der Waals surface area contributed by atoms with Crippen molar-refractivity contribution in [2.75, 3.05) is 26.3 Å². The number of aliphatic imine (C=N–C) groups is 2. The van der Waals surface area contributed by atoms with Gasteiger partial charge in [0.15, 0.2) is 17.7 Å². The average Bonchev–Trinajstić information content (AvgIpc) is 3.21. The van der Waals surface area contributed by atoms with Crippen LogP contribution in [0.25, 0.3) is 0 Å². The Balaban J connectivity index is 2.04. The van der Waals surface area contributed by atoms with Crippen molar-refractivity contribution in [2.24, 2.45) is 15.4 Å². The van der Waals surface area contributed by atoms with Gasteiger partial charge in [-0.15, -0.1) is 0 Å². The summed E-state index contributed by atoms with van der Waals surface area (Å²) in [7, 11) is 0. The van der Waals surface area contributed by atoms with Gasteiger partial charge in [-0.05, 0) is 13.3 Å². The number of nitrogens with zero attached hydrogens (tertiary/aromatic N) is 3. The van der Waals surface area contributed by atoms with Crippen LogP contribution in [-0.4, -0.2) is 43.1 Å². The topological polar surface area (TPSA) is 69.2 Å². The monoisotopic (exact) mass is 277 g/mol. The highest BCUT2D eigenvalue weighted by molar-refractivity contribution is 6.06. The lowest BCUT2D eigenvalue weighted by Crippen LogP contribution is -2.42. The molecule has 0 radical (unpaired) electrons. The molecule has 0 aromatic carbocycles. The Kier molecular flexibility index (Phi) is 3.46. The first kappa shape index (κ1) is 13.1. The van der Waals surface area contributed by atoms with Crippen molar-refractivity contribution in [3.05, 3.63) is 18.4 Å². The number of hydrogen-bond acceptors (Lipinski definition) is 6. The molecule has 1 aromatic heterocycles. The van der Waals surface area contributed by atoms with E-state index in [2.05, 4.69) is 28.8 Å². The zero-order chi connectivity index (χ0) is 14.0. The normalized spacial score (nSPS) is 20.1. The third-order valence-corrected chi connectivity index (χ3v) is 3.91. The van der Waals surface area contributed by atoms with E-state index in [0.717, 1.165) is 6.42 Å². The first-order valence-electron chi connectivity index (χ1n) is 7.01. The highest BCUT2D eigenvalue weighted by Gasteiger charge is 2.50. The summed E-state index contributed by atoms with van der Waals surface area (Å²) in [6.07, 6.45) is 4.09. The zero-order valence-corrected chi connectivity index (χ0v) is 11.8. The van der Waals surface area contributed by atoms with E-state index < -0.39 is 5.41 Å². The largest absolute Gasteiger partial charge is 0.478 e. The number of oxazole rings is 1. The van der Waals surface area contributed by atoms with Crippen LogP contribution < -0.4 is 0 Å². The third kappa shape index (κ3) is 1.99. The highest BCUT2D eigenvalue weighted by Crippen LogP contribution is 2.42. The molecule has 0 bridgehead atoms. The molecule has 3 heterocycles. The summed E-state index contributed by atoms with van der Waals surface area (Å²) in [5.74, 6) is 2.03. The van der Waals surface area contributed by atoms with Gasteiger partial charge in [0.25, 0.3) is 0 Å². The summed E-state index contributed by atoms with van der Waals surface area (Å²) in [4.78, 5) is 13.3. The molecule has 1 unspecified atom stereocenters. The van der Waals surface area contributed by atoms with Crippen molar-refractivity contribution in [1.82, 2.24) is 4.98 Å². The summed E-state index contributed by atoms with van der Waals surface area (Å²) in [5.41, 5.74) is -0.549. The van der Waals surface area contributed by atoms with Gasteiger partial charge in [0.2, 0.25) is 0 Å². The lowest BCUT2D eigenvalue weighted by Gasteiger charge is -2.33. The van der Waals surface area contributed by atoms with Crippen molar-refractivity contribution in [2.45, 2.75) is 26.2 Å². The van der Waals surface area contributed by atoms with Gasteiger partial charge in [0.1, 0.15) is 24.9 Å². The van der Waals surface area contributed by atoms with Crippen molar-refractivity contribution >= 4 is 11.8 Å². The summed E-state index contributed by atoms with van der Waals surface area (Å²) in [6.45, 7) is 6.73. The molecule has 0 N–H and O–H groups in total. The van der Waals surface area contributed by atoms with Gasteiger partial charge in [-0.3, -0.25) is 9.98 Å². The van der Waals surface area contributed by atoms with Gasteiger partial charge in [-0.2, -0.15) is 0 Å². The molecule has 0 spiro atoms. The number of aromatic nitrogens is 1. The summed E-state index contributed by atoms with van der Waals surface area (Å²) >= 11 is 0. The van der Waals surface area contributed by atoms with Gasteiger partial charge in [0.05, 0.1) is 25.2 Å². The second-order valence-electron chi connectivity index (χ2n) is 5.10. The Morgan fingerprint density at radius 3 is 2.25 bits per heavy atom. The summed E-state index contributed by atoms with van der Waals surface area (Å²) in [5, 5.41) is 0. The molecule has 1 aromatic rings. The standard InChI is InChI=1S/C14H19N3O3/c1-3-10(11-15-4-7-18-11)14(2,12-16-5-8-19-12)13-17-6-9-20-13/h4,7,10H,3,5-6,8-9H2,1-2H3. The maximum Gasteiger partial charge on any atom is 0.199 e. The summed E-state index contributed by atoms with van der Waals surface area (Å²) in [6, 6.07) is 0. The maximum absolute atomic E-state index is 5.73. The van der Waals surface area contributed by atoms with Gasteiger partial charge < -0.3 is 13.9 Å². The van der Waals surface area contributed by atoms with Crippen molar-refractivity contribution < 1.29 is 13.9 Å². The Bertz CT molecular complexity index is 498. The van der Waals surface area contributed by atoms with E-state index in [1.165, 1.54) is 0 Å². The van der Waals surface area contributed by atoms with E-state index in [4.69, 9.17) is 13.9 Å². The first-order valence-corrected chi connectivity index (χ1v) is 7.01. The molecule has 0 saturated carbocycles. The van der Waals surface area contributed by atoms with Gasteiger partial charge in [-0.1, -0.05) is 6.92 Å². The predicted molar refractivity (Wildman–Crippen MR) is 74.2 cm³/mol. The van der Waals surface area contributed by atoms with Gasteiger partial charge >= 0.3 is 0 Å². The lowest BCUT2D eigenvalue weighted by atomic mass is 9.74. The number of ether oxygens (including phenoxy) is 2. The van der Waals surface area contributed by atoms with E-state index >= 15 is 0 Å². The molecule has 108 valence electrons. The van der Waals surface area contributed by atoms with Crippen LogP contribution in [0, 0.1) is 5.41 Å². The molecule has 0 fully saturated rings. The molecular weight excluding hydrogens is 258 g/mol. The van der Waals surface area contributed by atoms with Gasteiger partial charge in [0, 0.05) is 0 Å². The molecule has 0 amide bonds. The molecule has 0 saturated heterocycles. The molecule has 2 aliphatic rings. The van der Waals surface area contributed by atoms with E-state index in [0.29, 0.717) is 44.0 Å². The van der Waals surface area contributed by atoms with Crippen LogP contribution in [0.1, 0.15) is 32.1 Å². The predicted octanol–water partition coefficient (Wildman–Crippen LogP) is 2.03. The average molecular weight is 277 g/mol. The Labute approximate surface area is 117 Å². The van der Waals surface area contributed by atoms with Crippen LogP contribution in [-0.2, 0) is 9.47 Å². The fraction of sp³-hybridized carbons (Fsp3) is 0.643. The van der Waals surface area contributed by atoms with Crippen molar-refractivity contribution in [3.63, 3.8) is 0 Å². The Morgan fingerprint density at radius 1 is 1.20 bits per heavy atom. The zero-order valence-electron chi connectivity index (χ0n) is 11.8. The fourth-order valence-corrected chi connectivity index (χ4v) is 2.92. The smallest absolute Gasteiger partial charge is 0.199 e. The van der Waals surface area contributed by atoms with Crippen LogP contribution in [0.15, 0.2) is 26.9 Å². The number of hydrogen-bond donors (Lipinski definition) is 0. The lowest BCUT2D eigenvalue weighted by molar-refractivity contribution is 0.238. The second-order valence-corrected chi connectivity index (χ2v) is 5.10. The van der Waals surface area contributed by atoms with E-state index in [9.17, 15) is 0 Å². The van der Waals surface area contributed by atoms with E-state index in [1.54, 1.807) is 12.5 Å². The molecule has 0 aliphatic carbocycles. The van der Waals surface area contributed by atoms with Crippen LogP contribution in [0.3, 0.4) is 0 Å². The third-order valence-electron chi connectivity index (χ3n) is 3.91. The minimum Gasteiger partial charge on any atom is -0.478 e. The Morgan fingerprint density at radius 2 is 1.85 bits per heavy atom. The van der Waals surface area contributed by atoms with Crippen LogP contribution >= 0.6 is 0 Å². The minimum atomic E-state index is -0.549. The van der Waals surface area contributed by atoms with Crippen LogP contribution in [0.5, 0.6) is 0 Å². The molecule has 6 heteroatoms. The molecule has 20 heavy (non-hydrogen) atoms. The van der Waals surface area contributed by atoms with E-state index in [-0.39, 0.29) is 5.92 Å². The quantitative estimate of drug-likeness (QED) is 0.825. The molecule has 1 atom stereocenters. The molecular formula is C14H19N3O3. The minimum absolute atomic E-state index is 0.00815. The molecule has 6 nitrogen and oxygen atoms in total. The Hall–Kier alpha value is -1.85. The van der Waals surface area contributed by atoms with Crippen LogP contribution in [0.4, 0.5) is 0 Å². The maximum atomic E-state index is 5.73. The SMILES string of the molecule is CCC(c1ncco1)C(C)(C1=NCCO1)C1=NCCO1. The van der Waals surface area contributed by atoms with Crippen molar-refractivity contribution in [1.29, 1.82) is 0 Å². The van der Waals surface area contributed by atoms with Crippen LogP contribution in [0.2, 0.25) is 0 Å². The second kappa shape index (κ2) is 5.26. The first-order chi connectivity index (χ1) is 9.76. The highest BCUT2D eigenvalue weighted by atomic mass is 16.5. The fourth-order valence-electron chi connectivity index (χ4n) is 2.92. The van der Waals surface area contributed by atoms with Gasteiger partial charge in [-0.25, -0.2) is 4.98 Å². The summed E-state index contributed by atoms with van der Waals surface area (Å²) < 4.78 is 17.0. The van der Waals surface area contributed by atoms with Crippen molar-refractivity contribution in [3.8, 4) is 0 Å². The molecule has 2 aliphatic heterocycles. The van der Waals surface area contributed by atoms with E-state index in [1.807, 2.05) is 0 Å². The molecule has 3 rings (SSSR count). The number of rotatable bonds is 5.